The molecule has 1 aliphatic carbocycles. The number of carbonyl (C=O) groups excluding carboxylic acids is 1. The minimum Gasteiger partial charge on any atom is -0.481 e. The lowest BCUT2D eigenvalue weighted by molar-refractivity contribution is -0.142. The number of hydrogen-bond acceptors (Lipinski definition) is 2. The number of nitrogens with one attached hydrogen (secondary N) is 1. The number of amides is 2. The summed E-state index contributed by atoms with van der Waals surface area (Å²) in [5.41, 5.74) is 0.209. The standard InChI is InChI=1S/C13H20N2O3/c1-13(2)6-10(13)14-12(18)15-7-3-4-9(15)8(5-7)11(16)17/h7-10H,3-6H2,1-2H3,(H,14,18)(H,16,17). The predicted molar refractivity (Wildman–Crippen MR) is 65.1 cm³/mol. The zero-order valence-corrected chi connectivity index (χ0v) is 10.8. The van der Waals surface area contributed by atoms with Crippen LogP contribution in [0.5, 0.6) is 0 Å². The van der Waals surface area contributed by atoms with E-state index in [1.165, 1.54) is 0 Å². The van der Waals surface area contributed by atoms with Crippen LogP contribution in [0.15, 0.2) is 0 Å². The zero-order valence-electron chi connectivity index (χ0n) is 10.8. The first-order chi connectivity index (χ1) is 8.40. The van der Waals surface area contributed by atoms with Gasteiger partial charge >= 0.3 is 12.0 Å². The smallest absolute Gasteiger partial charge is 0.318 e. The molecule has 2 bridgehead atoms. The number of carbonyl (C=O) groups is 2. The van der Waals surface area contributed by atoms with Gasteiger partial charge in [0.2, 0.25) is 0 Å². The minimum atomic E-state index is -0.758. The van der Waals surface area contributed by atoms with E-state index in [9.17, 15) is 9.59 Å². The lowest BCUT2D eigenvalue weighted by Crippen LogP contribution is -2.45. The summed E-state index contributed by atoms with van der Waals surface area (Å²) < 4.78 is 0. The molecular formula is C13H20N2O3. The average molecular weight is 252 g/mol. The summed E-state index contributed by atoms with van der Waals surface area (Å²) in [6, 6.07) is 0.252. The Morgan fingerprint density at radius 1 is 1.33 bits per heavy atom. The molecule has 4 unspecified atom stereocenters. The average Bonchev–Trinajstić information content (AvgIpc) is 2.68. The monoisotopic (exact) mass is 252 g/mol. The van der Waals surface area contributed by atoms with Gasteiger partial charge in [0.1, 0.15) is 0 Å². The second kappa shape index (κ2) is 3.62. The van der Waals surface area contributed by atoms with Crippen molar-refractivity contribution in [3.63, 3.8) is 0 Å². The summed E-state index contributed by atoms with van der Waals surface area (Å²) in [5.74, 6) is -1.12. The Morgan fingerprint density at radius 3 is 2.50 bits per heavy atom. The summed E-state index contributed by atoms with van der Waals surface area (Å²) in [6.45, 7) is 4.27. The molecule has 5 nitrogen and oxygen atoms in total. The summed E-state index contributed by atoms with van der Waals surface area (Å²) in [7, 11) is 0. The van der Waals surface area contributed by atoms with Crippen molar-refractivity contribution in [3.8, 4) is 0 Å². The molecule has 0 aromatic rings. The summed E-state index contributed by atoms with van der Waals surface area (Å²) in [5, 5.41) is 12.2. The van der Waals surface area contributed by atoms with Gasteiger partial charge in [-0.25, -0.2) is 4.79 Å². The molecule has 2 amide bonds. The molecule has 1 saturated carbocycles. The molecule has 3 rings (SSSR count). The predicted octanol–water partition coefficient (Wildman–Crippen LogP) is 1.43. The Labute approximate surface area is 107 Å². The molecule has 2 saturated heterocycles. The van der Waals surface area contributed by atoms with Crippen molar-refractivity contribution in [1.82, 2.24) is 10.2 Å². The number of carboxylic acid groups (broad SMARTS) is 1. The van der Waals surface area contributed by atoms with Crippen LogP contribution in [-0.2, 0) is 4.79 Å². The van der Waals surface area contributed by atoms with Crippen LogP contribution in [0.4, 0.5) is 4.79 Å². The van der Waals surface area contributed by atoms with Gasteiger partial charge in [-0.05, 0) is 31.1 Å². The van der Waals surface area contributed by atoms with Crippen molar-refractivity contribution in [2.75, 3.05) is 0 Å². The third kappa shape index (κ3) is 1.68. The first-order valence-corrected chi connectivity index (χ1v) is 6.72. The number of hydrogen-bond donors (Lipinski definition) is 2. The van der Waals surface area contributed by atoms with E-state index in [1.54, 1.807) is 4.90 Å². The van der Waals surface area contributed by atoms with Crippen LogP contribution in [0.3, 0.4) is 0 Å². The van der Waals surface area contributed by atoms with Crippen LogP contribution < -0.4 is 5.32 Å². The van der Waals surface area contributed by atoms with Crippen molar-refractivity contribution in [3.05, 3.63) is 0 Å². The van der Waals surface area contributed by atoms with E-state index < -0.39 is 5.97 Å². The Kier molecular flexibility index (Phi) is 2.37. The van der Waals surface area contributed by atoms with Crippen molar-refractivity contribution in [1.29, 1.82) is 0 Å². The molecule has 2 N–H and O–H groups in total. The maximum atomic E-state index is 12.2. The highest BCUT2D eigenvalue weighted by molar-refractivity contribution is 5.80. The fraction of sp³-hybridized carbons (Fsp3) is 0.846. The lowest BCUT2D eigenvalue weighted by atomic mass is 9.89. The number of rotatable bonds is 2. The number of aliphatic carboxylic acids is 1. The van der Waals surface area contributed by atoms with Gasteiger partial charge in [0, 0.05) is 18.1 Å². The molecule has 4 atom stereocenters. The van der Waals surface area contributed by atoms with Crippen LogP contribution in [0, 0.1) is 11.3 Å². The van der Waals surface area contributed by atoms with E-state index in [2.05, 4.69) is 19.2 Å². The second-order valence-corrected chi connectivity index (χ2v) is 6.58. The molecule has 5 heteroatoms. The van der Waals surface area contributed by atoms with Gasteiger partial charge in [-0.2, -0.15) is 0 Å². The highest BCUT2D eigenvalue weighted by atomic mass is 16.4. The van der Waals surface area contributed by atoms with Crippen LogP contribution in [0.1, 0.15) is 39.5 Å². The highest BCUT2D eigenvalue weighted by Gasteiger charge is 2.53. The Balaban J connectivity index is 1.66. The molecule has 18 heavy (non-hydrogen) atoms. The van der Waals surface area contributed by atoms with Crippen molar-refractivity contribution in [2.24, 2.45) is 11.3 Å². The van der Waals surface area contributed by atoms with E-state index in [1.807, 2.05) is 0 Å². The molecule has 0 aromatic carbocycles. The van der Waals surface area contributed by atoms with Gasteiger partial charge in [-0.1, -0.05) is 13.8 Å². The fourth-order valence-electron chi connectivity index (χ4n) is 3.51. The van der Waals surface area contributed by atoms with E-state index >= 15 is 0 Å². The van der Waals surface area contributed by atoms with Gasteiger partial charge in [-0.15, -0.1) is 0 Å². The van der Waals surface area contributed by atoms with Crippen LogP contribution in [-0.4, -0.2) is 40.1 Å². The Morgan fingerprint density at radius 2 is 2.00 bits per heavy atom. The lowest BCUT2D eigenvalue weighted by Gasteiger charge is -2.24. The molecule has 2 aliphatic heterocycles. The number of carboxylic acids is 1. The fourth-order valence-corrected chi connectivity index (χ4v) is 3.51. The van der Waals surface area contributed by atoms with E-state index in [0.29, 0.717) is 6.42 Å². The van der Waals surface area contributed by atoms with Crippen molar-refractivity contribution < 1.29 is 14.7 Å². The molecule has 2 heterocycles. The number of urea groups is 1. The summed E-state index contributed by atoms with van der Waals surface area (Å²) in [4.78, 5) is 25.2. The molecule has 0 aromatic heterocycles. The van der Waals surface area contributed by atoms with E-state index in [0.717, 1.165) is 19.3 Å². The first kappa shape index (κ1) is 11.8. The highest BCUT2D eigenvalue weighted by Crippen LogP contribution is 2.46. The van der Waals surface area contributed by atoms with E-state index in [4.69, 9.17) is 5.11 Å². The minimum absolute atomic E-state index is 0.0539. The van der Waals surface area contributed by atoms with Gasteiger partial charge in [-0.3, -0.25) is 4.79 Å². The molecule has 3 aliphatic rings. The van der Waals surface area contributed by atoms with Gasteiger partial charge in [0.15, 0.2) is 0 Å². The van der Waals surface area contributed by atoms with Crippen LogP contribution in [0.25, 0.3) is 0 Å². The molecule has 0 radical (unpaired) electrons. The van der Waals surface area contributed by atoms with Crippen molar-refractivity contribution in [2.45, 2.75) is 57.7 Å². The maximum absolute atomic E-state index is 12.2. The van der Waals surface area contributed by atoms with Gasteiger partial charge in [0.25, 0.3) is 0 Å². The second-order valence-electron chi connectivity index (χ2n) is 6.58. The molecular weight excluding hydrogens is 232 g/mol. The SMILES string of the molecule is CC1(C)CC1NC(=O)N1C2CCC1C(C(=O)O)C2. The molecule has 100 valence electrons. The van der Waals surface area contributed by atoms with E-state index in [-0.39, 0.29) is 35.5 Å². The third-order valence-electron chi connectivity index (χ3n) is 4.90. The Bertz CT molecular complexity index is 407. The topological polar surface area (TPSA) is 69.6 Å². The quantitative estimate of drug-likeness (QED) is 0.781. The van der Waals surface area contributed by atoms with Crippen LogP contribution in [0.2, 0.25) is 0 Å². The zero-order chi connectivity index (χ0) is 13.1. The normalized spacial score (nSPS) is 39.8. The Hall–Kier alpha value is -1.26. The first-order valence-electron chi connectivity index (χ1n) is 6.72. The molecule has 0 spiro atoms. The summed E-state index contributed by atoms with van der Waals surface area (Å²) >= 11 is 0. The number of nitrogens with zero attached hydrogens (tertiary/aromatic N) is 1. The maximum Gasteiger partial charge on any atom is 0.318 e. The third-order valence-corrected chi connectivity index (χ3v) is 4.90. The van der Waals surface area contributed by atoms with Crippen LogP contribution >= 0.6 is 0 Å². The summed E-state index contributed by atoms with van der Waals surface area (Å²) in [6.07, 6.45) is 3.44. The van der Waals surface area contributed by atoms with Gasteiger partial charge in [0.05, 0.1) is 5.92 Å². The number of fused-ring (bicyclic) bond motifs is 2. The van der Waals surface area contributed by atoms with Crippen molar-refractivity contribution >= 4 is 12.0 Å². The molecule has 3 fully saturated rings. The largest absolute Gasteiger partial charge is 0.481 e. The van der Waals surface area contributed by atoms with Gasteiger partial charge < -0.3 is 15.3 Å².